The Hall–Kier alpha value is -3.00. The SMILES string of the molecule is CC1/C=C/CC/C=C/C(=N\OCC(=O)N2CCCCC2)Cc2c(Cl)c(O)cc(O)c2C(=O)OC1. The Morgan fingerprint density at radius 3 is 2.71 bits per heavy atom. The van der Waals surface area contributed by atoms with Crippen LogP contribution < -0.4 is 0 Å². The van der Waals surface area contributed by atoms with Gasteiger partial charge in [-0.15, -0.1) is 0 Å². The summed E-state index contributed by atoms with van der Waals surface area (Å²) in [6.07, 6.45) is 12.2. The average Bonchev–Trinajstić information content (AvgIpc) is 2.82. The summed E-state index contributed by atoms with van der Waals surface area (Å²) in [5, 5.41) is 24.6. The molecule has 1 unspecified atom stereocenters. The lowest BCUT2D eigenvalue weighted by Crippen LogP contribution is -2.37. The summed E-state index contributed by atoms with van der Waals surface area (Å²) in [7, 11) is 0. The maximum atomic E-state index is 12.8. The van der Waals surface area contributed by atoms with Gasteiger partial charge in [-0.3, -0.25) is 4.79 Å². The van der Waals surface area contributed by atoms with Gasteiger partial charge in [-0.1, -0.05) is 41.9 Å². The summed E-state index contributed by atoms with van der Waals surface area (Å²) < 4.78 is 5.39. The number of hydrogen-bond acceptors (Lipinski definition) is 7. The Morgan fingerprint density at radius 2 is 1.94 bits per heavy atom. The van der Waals surface area contributed by atoms with Crippen LogP contribution in [-0.2, 0) is 20.8 Å². The fourth-order valence-corrected chi connectivity index (χ4v) is 4.08. The lowest BCUT2D eigenvalue weighted by atomic mass is 9.99. The number of carbonyl (C=O) groups is 2. The quantitative estimate of drug-likeness (QED) is 0.370. The standard InChI is InChI=1S/C25H31ClN2O6/c1-17-9-5-2-3-6-10-18(27-34-16-22(31)28-11-7-4-8-12-28)13-19-23(25(32)33-15-17)20(29)14-21(30)24(19)26/h5-6,9-10,14,17,29-30H,2-4,7-8,11-13,15-16H2,1H3/b9-5+,10-6+,27-18+. The molecule has 1 saturated heterocycles. The van der Waals surface area contributed by atoms with Gasteiger partial charge in [0.1, 0.15) is 17.1 Å². The van der Waals surface area contributed by atoms with Crippen LogP contribution in [0.1, 0.15) is 54.9 Å². The van der Waals surface area contributed by atoms with Gasteiger partial charge in [-0.25, -0.2) is 4.79 Å². The van der Waals surface area contributed by atoms with Crippen LogP contribution >= 0.6 is 11.6 Å². The molecule has 0 aromatic heterocycles. The molecule has 34 heavy (non-hydrogen) atoms. The number of halogens is 1. The zero-order valence-electron chi connectivity index (χ0n) is 19.3. The molecule has 0 bridgehead atoms. The Bertz CT molecular complexity index is 982. The number of piperidine rings is 1. The van der Waals surface area contributed by atoms with Gasteiger partial charge in [0.2, 0.25) is 0 Å². The number of phenols is 2. The fraction of sp³-hybridized carbons (Fsp3) is 0.480. The van der Waals surface area contributed by atoms with Crippen LogP contribution in [0.3, 0.4) is 0 Å². The van der Waals surface area contributed by atoms with Crippen LogP contribution in [0.25, 0.3) is 0 Å². The molecule has 3 rings (SSSR count). The minimum Gasteiger partial charge on any atom is -0.507 e. The zero-order valence-corrected chi connectivity index (χ0v) is 20.1. The van der Waals surface area contributed by atoms with Crippen molar-refractivity contribution in [1.82, 2.24) is 4.90 Å². The van der Waals surface area contributed by atoms with Crippen LogP contribution in [0, 0.1) is 5.92 Å². The molecule has 1 amide bonds. The van der Waals surface area contributed by atoms with Gasteiger partial charge >= 0.3 is 5.97 Å². The molecule has 2 aliphatic rings. The summed E-state index contributed by atoms with van der Waals surface area (Å²) in [6, 6.07) is 1.01. The van der Waals surface area contributed by atoms with Crippen molar-refractivity contribution < 1.29 is 29.4 Å². The molecule has 184 valence electrons. The molecular formula is C25H31ClN2O6. The number of likely N-dealkylation sites (tertiary alicyclic amines) is 1. The highest BCUT2D eigenvalue weighted by molar-refractivity contribution is 6.33. The maximum Gasteiger partial charge on any atom is 0.342 e. The van der Waals surface area contributed by atoms with Crippen molar-refractivity contribution in [2.45, 2.75) is 45.4 Å². The van der Waals surface area contributed by atoms with Gasteiger partial charge < -0.3 is 24.7 Å². The van der Waals surface area contributed by atoms with Gasteiger partial charge in [-0.2, -0.15) is 0 Å². The Balaban J connectivity index is 1.88. The predicted octanol–water partition coefficient (Wildman–Crippen LogP) is 4.38. The minimum atomic E-state index is -0.753. The Kier molecular flexibility index (Phi) is 9.39. The fourth-order valence-electron chi connectivity index (χ4n) is 3.86. The number of benzene rings is 1. The van der Waals surface area contributed by atoms with E-state index in [0.717, 1.165) is 38.2 Å². The van der Waals surface area contributed by atoms with E-state index in [2.05, 4.69) is 5.16 Å². The van der Waals surface area contributed by atoms with Crippen molar-refractivity contribution in [3.63, 3.8) is 0 Å². The van der Waals surface area contributed by atoms with Crippen molar-refractivity contribution >= 4 is 29.2 Å². The number of ether oxygens (including phenoxy) is 1. The van der Waals surface area contributed by atoms with E-state index in [-0.39, 0.29) is 53.4 Å². The van der Waals surface area contributed by atoms with Gasteiger partial charge in [0.25, 0.3) is 5.91 Å². The zero-order chi connectivity index (χ0) is 24.5. The van der Waals surface area contributed by atoms with E-state index in [1.165, 1.54) is 0 Å². The van der Waals surface area contributed by atoms with E-state index in [1.54, 1.807) is 11.0 Å². The molecule has 0 aliphatic carbocycles. The van der Waals surface area contributed by atoms with Gasteiger partial charge in [0, 0.05) is 31.5 Å². The topological polar surface area (TPSA) is 109 Å². The summed E-state index contributed by atoms with van der Waals surface area (Å²) in [5.41, 5.74) is 0.405. The van der Waals surface area contributed by atoms with E-state index < -0.39 is 11.7 Å². The second kappa shape index (κ2) is 12.5. The second-order valence-corrected chi connectivity index (χ2v) is 8.92. The number of rotatable bonds is 3. The highest BCUT2D eigenvalue weighted by Crippen LogP contribution is 2.37. The van der Waals surface area contributed by atoms with E-state index in [0.29, 0.717) is 18.8 Å². The lowest BCUT2D eigenvalue weighted by Gasteiger charge is -2.26. The third kappa shape index (κ3) is 7.00. The van der Waals surface area contributed by atoms with Crippen molar-refractivity contribution in [2.75, 3.05) is 26.3 Å². The Labute approximate surface area is 204 Å². The molecular weight excluding hydrogens is 460 g/mol. The summed E-state index contributed by atoms with van der Waals surface area (Å²) in [6.45, 7) is 3.28. The van der Waals surface area contributed by atoms with E-state index in [9.17, 15) is 19.8 Å². The molecule has 2 heterocycles. The summed E-state index contributed by atoms with van der Waals surface area (Å²) in [4.78, 5) is 32.3. The van der Waals surface area contributed by atoms with E-state index in [1.807, 2.05) is 25.2 Å². The molecule has 9 heteroatoms. The van der Waals surface area contributed by atoms with Crippen LogP contribution in [-0.4, -0.2) is 59.0 Å². The maximum absolute atomic E-state index is 12.8. The monoisotopic (exact) mass is 490 g/mol. The normalized spacial score (nSPS) is 22.9. The molecule has 2 aliphatic heterocycles. The first kappa shape index (κ1) is 25.6. The summed E-state index contributed by atoms with van der Waals surface area (Å²) >= 11 is 6.32. The molecule has 1 fully saturated rings. The van der Waals surface area contributed by atoms with Crippen molar-refractivity contribution in [3.8, 4) is 11.5 Å². The van der Waals surface area contributed by atoms with Crippen LogP contribution in [0.2, 0.25) is 5.02 Å². The molecule has 0 saturated carbocycles. The van der Waals surface area contributed by atoms with Gasteiger partial charge in [0.05, 0.1) is 17.3 Å². The average molecular weight is 491 g/mol. The first-order valence-electron chi connectivity index (χ1n) is 11.6. The lowest BCUT2D eigenvalue weighted by molar-refractivity contribution is -0.137. The smallest absolute Gasteiger partial charge is 0.342 e. The molecule has 0 radical (unpaired) electrons. The number of phenolic OH excluding ortho intramolecular Hbond substituents is 2. The second-order valence-electron chi connectivity index (χ2n) is 8.54. The number of fused-ring (bicyclic) bond motifs is 1. The Morgan fingerprint density at radius 1 is 1.21 bits per heavy atom. The minimum absolute atomic E-state index is 0.00276. The molecule has 1 aromatic rings. The van der Waals surface area contributed by atoms with Crippen molar-refractivity contribution in [2.24, 2.45) is 11.1 Å². The summed E-state index contributed by atoms with van der Waals surface area (Å²) in [5.74, 6) is -1.70. The number of carbonyl (C=O) groups excluding carboxylic acids is 2. The number of oxime groups is 1. The number of allylic oxidation sites excluding steroid dienone is 3. The predicted molar refractivity (Wildman–Crippen MR) is 129 cm³/mol. The van der Waals surface area contributed by atoms with Crippen molar-refractivity contribution in [1.29, 1.82) is 0 Å². The van der Waals surface area contributed by atoms with E-state index in [4.69, 9.17) is 21.2 Å². The van der Waals surface area contributed by atoms with Gasteiger partial charge in [0.15, 0.2) is 6.61 Å². The number of cyclic esters (lactones) is 1. The van der Waals surface area contributed by atoms with Gasteiger partial charge in [-0.05, 0) is 43.7 Å². The number of esters is 1. The first-order chi connectivity index (χ1) is 16.4. The third-order valence-electron chi connectivity index (χ3n) is 5.71. The number of nitrogens with zero attached hydrogens (tertiary/aromatic N) is 2. The first-order valence-corrected chi connectivity index (χ1v) is 11.9. The van der Waals surface area contributed by atoms with Crippen LogP contribution in [0.5, 0.6) is 11.5 Å². The van der Waals surface area contributed by atoms with E-state index >= 15 is 0 Å². The highest BCUT2D eigenvalue weighted by Gasteiger charge is 2.25. The molecule has 0 spiro atoms. The number of amides is 1. The van der Waals surface area contributed by atoms with Crippen LogP contribution in [0.4, 0.5) is 0 Å². The number of aromatic hydroxyl groups is 2. The van der Waals surface area contributed by atoms with Crippen molar-refractivity contribution in [3.05, 3.63) is 46.5 Å². The molecule has 1 atom stereocenters. The molecule has 2 N–H and O–H groups in total. The largest absolute Gasteiger partial charge is 0.507 e. The van der Waals surface area contributed by atoms with Crippen LogP contribution in [0.15, 0.2) is 35.5 Å². The molecule has 1 aromatic carbocycles. The number of hydrogen-bond donors (Lipinski definition) is 2. The highest BCUT2D eigenvalue weighted by atomic mass is 35.5. The molecule has 8 nitrogen and oxygen atoms in total. The third-order valence-corrected chi connectivity index (χ3v) is 6.14.